The number of carbonyl (C=O) groups excluding carboxylic acids is 1. The number of nitrogens with one attached hydrogen (secondary N) is 1. The minimum atomic E-state index is -1.14. The number of hydrogen-bond donors (Lipinski definition) is 4. The van der Waals surface area contributed by atoms with Gasteiger partial charge in [-0.2, -0.15) is 0 Å². The van der Waals surface area contributed by atoms with Crippen LogP contribution in [-0.2, 0) is 4.79 Å². The van der Waals surface area contributed by atoms with Crippen molar-refractivity contribution in [1.82, 2.24) is 5.32 Å². The van der Waals surface area contributed by atoms with Gasteiger partial charge in [0.1, 0.15) is 6.10 Å². The van der Waals surface area contributed by atoms with Gasteiger partial charge in [-0.1, -0.05) is 160 Å². The van der Waals surface area contributed by atoms with Crippen LogP contribution >= 0.6 is 0 Å². The second-order valence-electron chi connectivity index (χ2n) is 12.1. The Labute approximate surface area is 254 Å². The lowest BCUT2D eigenvalue weighted by Gasteiger charge is -2.21. The first-order chi connectivity index (χ1) is 20.1. The second kappa shape index (κ2) is 31.8. The van der Waals surface area contributed by atoms with E-state index in [4.69, 9.17) is 0 Å². The van der Waals surface area contributed by atoms with Gasteiger partial charge < -0.3 is 20.6 Å². The van der Waals surface area contributed by atoms with Crippen LogP contribution in [0.25, 0.3) is 0 Å². The summed E-state index contributed by atoms with van der Waals surface area (Å²) >= 11 is 0. The van der Waals surface area contributed by atoms with Crippen molar-refractivity contribution in [2.75, 3.05) is 6.61 Å². The number of amides is 1. The number of aliphatic hydroxyl groups excluding tert-OH is 3. The molecule has 0 aliphatic carbocycles. The Kier molecular flexibility index (Phi) is 30.9. The maximum absolute atomic E-state index is 12.3. The van der Waals surface area contributed by atoms with Crippen molar-refractivity contribution in [3.8, 4) is 0 Å². The van der Waals surface area contributed by atoms with Crippen LogP contribution in [0, 0.1) is 0 Å². The first-order valence-corrected chi connectivity index (χ1v) is 17.7. The molecule has 0 saturated heterocycles. The minimum Gasteiger partial charge on any atom is -0.394 e. The summed E-state index contributed by atoms with van der Waals surface area (Å²) in [6, 6.07) is -0.807. The maximum atomic E-state index is 12.3. The largest absolute Gasteiger partial charge is 0.394 e. The Morgan fingerprint density at radius 3 is 1.44 bits per heavy atom. The number of carbonyl (C=O) groups is 1. The zero-order valence-electron chi connectivity index (χ0n) is 27.2. The average Bonchev–Trinajstić information content (AvgIpc) is 2.98. The number of hydrogen-bond acceptors (Lipinski definition) is 4. The first kappa shape index (κ1) is 39.8. The molecule has 242 valence electrons. The van der Waals surface area contributed by atoms with Gasteiger partial charge in [0.05, 0.1) is 18.8 Å². The molecule has 1 amide bonds. The van der Waals surface area contributed by atoms with E-state index in [1.807, 2.05) is 12.2 Å². The Morgan fingerprint density at radius 2 is 0.976 bits per heavy atom. The summed E-state index contributed by atoms with van der Waals surface area (Å²) in [6.07, 6.45) is 36.4. The molecule has 0 saturated carbocycles. The molecule has 0 heterocycles. The van der Waals surface area contributed by atoms with Crippen molar-refractivity contribution in [3.63, 3.8) is 0 Å². The minimum absolute atomic E-state index is 0.334. The summed E-state index contributed by atoms with van der Waals surface area (Å²) in [6.45, 7) is 4.10. The molecule has 0 aliphatic heterocycles. The van der Waals surface area contributed by atoms with E-state index in [9.17, 15) is 20.1 Å². The lowest BCUT2D eigenvalue weighted by atomic mass is 10.0. The van der Waals surface area contributed by atoms with E-state index in [1.165, 1.54) is 128 Å². The van der Waals surface area contributed by atoms with Crippen molar-refractivity contribution in [3.05, 3.63) is 24.3 Å². The van der Waals surface area contributed by atoms with Crippen molar-refractivity contribution in [1.29, 1.82) is 0 Å². The van der Waals surface area contributed by atoms with E-state index >= 15 is 0 Å². The molecule has 5 heteroatoms. The Morgan fingerprint density at radius 1 is 0.585 bits per heavy atom. The van der Waals surface area contributed by atoms with Gasteiger partial charge in [-0.3, -0.25) is 4.79 Å². The zero-order valence-corrected chi connectivity index (χ0v) is 27.2. The summed E-state index contributed by atoms with van der Waals surface area (Å²) in [5.74, 6) is -0.541. The van der Waals surface area contributed by atoms with Crippen molar-refractivity contribution < 1.29 is 20.1 Å². The van der Waals surface area contributed by atoms with Crippen LogP contribution in [-0.4, -0.2) is 46.1 Å². The van der Waals surface area contributed by atoms with E-state index in [0.29, 0.717) is 12.8 Å². The number of unbranched alkanes of at least 4 members (excludes halogenated alkanes) is 21. The summed E-state index contributed by atoms with van der Waals surface area (Å²) in [4.78, 5) is 12.3. The van der Waals surface area contributed by atoms with Gasteiger partial charge >= 0.3 is 0 Å². The quantitative estimate of drug-likeness (QED) is 0.0487. The molecular weight excluding hydrogens is 510 g/mol. The average molecular weight is 580 g/mol. The predicted octanol–water partition coefficient (Wildman–Crippen LogP) is 9.09. The van der Waals surface area contributed by atoms with Crippen molar-refractivity contribution in [2.24, 2.45) is 0 Å². The fraction of sp³-hybridized carbons (Fsp3) is 0.861. The molecule has 0 aromatic heterocycles. The molecular formula is C36H69NO4. The van der Waals surface area contributed by atoms with Gasteiger partial charge in [-0.15, -0.1) is 0 Å². The Hall–Kier alpha value is -1.17. The van der Waals surface area contributed by atoms with Crippen molar-refractivity contribution in [2.45, 2.75) is 193 Å². The number of allylic oxidation sites excluding steroid dienone is 3. The Bertz CT molecular complexity index is 606. The van der Waals surface area contributed by atoms with E-state index in [1.54, 1.807) is 6.08 Å². The third-order valence-corrected chi connectivity index (χ3v) is 8.04. The summed E-state index contributed by atoms with van der Waals surface area (Å²) < 4.78 is 0. The summed E-state index contributed by atoms with van der Waals surface area (Å²) in [5, 5.41) is 32.7. The number of rotatable bonds is 31. The molecule has 0 radical (unpaired) electrons. The molecule has 0 aromatic rings. The lowest BCUT2D eigenvalue weighted by molar-refractivity contribution is -0.131. The van der Waals surface area contributed by atoms with Gasteiger partial charge in [-0.05, 0) is 38.5 Å². The van der Waals surface area contributed by atoms with E-state index in [0.717, 1.165) is 19.3 Å². The highest BCUT2D eigenvalue weighted by Gasteiger charge is 2.22. The fourth-order valence-corrected chi connectivity index (χ4v) is 5.18. The van der Waals surface area contributed by atoms with Crippen molar-refractivity contribution >= 4 is 5.91 Å². The van der Waals surface area contributed by atoms with Crippen LogP contribution < -0.4 is 5.32 Å². The maximum Gasteiger partial charge on any atom is 0.249 e. The molecule has 0 fully saturated rings. The first-order valence-electron chi connectivity index (χ1n) is 17.7. The third kappa shape index (κ3) is 27.4. The molecule has 5 nitrogen and oxygen atoms in total. The molecule has 3 unspecified atom stereocenters. The van der Waals surface area contributed by atoms with Gasteiger partial charge in [0.25, 0.3) is 0 Å². The monoisotopic (exact) mass is 580 g/mol. The van der Waals surface area contributed by atoms with Crippen LogP contribution in [0.3, 0.4) is 0 Å². The molecule has 0 bridgehead atoms. The highest BCUT2D eigenvalue weighted by Crippen LogP contribution is 2.14. The van der Waals surface area contributed by atoms with Gasteiger partial charge in [0.15, 0.2) is 0 Å². The summed E-state index contributed by atoms with van der Waals surface area (Å²) in [7, 11) is 0. The second-order valence-corrected chi connectivity index (χ2v) is 12.1. The SMILES string of the molecule is CCCCCC/C=C\CCC(O)C(=O)NC(CO)C(O)/C=C/CCCCCCCCCCCCCCCCCCC. The van der Waals surface area contributed by atoms with Gasteiger partial charge in [0.2, 0.25) is 5.91 Å². The topological polar surface area (TPSA) is 89.8 Å². The van der Waals surface area contributed by atoms with Crippen LogP contribution in [0.4, 0.5) is 0 Å². The molecule has 0 aliphatic rings. The van der Waals surface area contributed by atoms with Crippen LogP contribution in [0.15, 0.2) is 24.3 Å². The van der Waals surface area contributed by atoms with E-state index in [2.05, 4.69) is 25.2 Å². The molecule has 4 N–H and O–H groups in total. The lowest BCUT2D eigenvalue weighted by Crippen LogP contribution is -2.48. The van der Waals surface area contributed by atoms with Crippen LogP contribution in [0.5, 0.6) is 0 Å². The van der Waals surface area contributed by atoms with Crippen LogP contribution in [0.1, 0.15) is 174 Å². The van der Waals surface area contributed by atoms with Gasteiger partial charge in [-0.25, -0.2) is 0 Å². The zero-order chi connectivity index (χ0) is 30.2. The standard InChI is InChI=1S/C36H69NO4/c1-3-5-7-9-11-13-14-15-16-17-18-19-20-21-22-23-25-26-28-30-34(39)33(32-38)37-36(41)35(40)31-29-27-24-12-10-8-6-4-2/h24,27-28,30,33-35,38-40H,3-23,25-26,29,31-32H2,1-2H3,(H,37,41)/b27-24-,30-28+. The molecule has 41 heavy (non-hydrogen) atoms. The van der Waals surface area contributed by atoms with E-state index in [-0.39, 0.29) is 6.61 Å². The Balaban J connectivity index is 3.72. The fourth-order valence-electron chi connectivity index (χ4n) is 5.18. The molecule has 0 rings (SSSR count). The smallest absolute Gasteiger partial charge is 0.249 e. The normalized spacial score (nSPS) is 14.2. The van der Waals surface area contributed by atoms with Crippen LogP contribution in [0.2, 0.25) is 0 Å². The van der Waals surface area contributed by atoms with E-state index < -0.39 is 24.2 Å². The van der Waals surface area contributed by atoms with Gasteiger partial charge in [0, 0.05) is 0 Å². The number of aliphatic hydroxyl groups is 3. The molecule has 0 aromatic carbocycles. The highest BCUT2D eigenvalue weighted by molar-refractivity contribution is 5.80. The molecule has 0 spiro atoms. The molecule has 3 atom stereocenters. The third-order valence-electron chi connectivity index (χ3n) is 8.04. The predicted molar refractivity (Wildman–Crippen MR) is 176 cm³/mol. The highest BCUT2D eigenvalue weighted by atomic mass is 16.3. The summed E-state index contributed by atoms with van der Waals surface area (Å²) in [5.41, 5.74) is 0.